The largest absolute Gasteiger partial charge is 0.491 e. The van der Waals surface area contributed by atoms with Gasteiger partial charge in [-0.05, 0) is 69.3 Å². The van der Waals surface area contributed by atoms with Crippen molar-refractivity contribution in [1.29, 1.82) is 0 Å². The number of ether oxygens (including phenoxy) is 1. The number of carbonyl (C=O) groups is 1. The van der Waals surface area contributed by atoms with Crippen LogP contribution in [0, 0.1) is 0 Å². The molecule has 0 aliphatic carbocycles. The molecule has 0 fully saturated rings. The Labute approximate surface area is 166 Å². The van der Waals surface area contributed by atoms with Crippen molar-refractivity contribution < 1.29 is 9.53 Å². The summed E-state index contributed by atoms with van der Waals surface area (Å²) >= 11 is 0. The lowest BCUT2D eigenvalue weighted by Gasteiger charge is -2.22. The number of hydrogen-bond acceptors (Lipinski definition) is 4. The number of hydrogen-bond donors (Lipinski definition) is 1. The first-order valence-corrected chi connectivity index (χ1v) is 9.43. The number of pyridine rings is 1. The third kappa shape index (κ3) is 4.88. The van der Waals surface area contributed by atoms with E-state index in [0.717, 1.165) is 23.7 Å². The molecule has 0 spiro atoms. The van der Waals surface area contributed by atoms with E-state index >= 15 is 0 Å². The smallest absolute Gasteiger partial charge is 0.274 e. The van der Waals surface area contributed by atoms with Gasteiger partial charge in [-0.25, -0.2) is 4.98 Å². The van der Waals surface area contributed by atoms with Gasteiger partial charge in [0.05, 0.1) is 18.0 Å². The summed E-state index contributed by atoms with van der Waals surface area (Å²) < 4.78 is 5.61. The van der Waals surface area contributed by atoms with Crippen LogP contribution in [0.4, 0.5) is 17.1 Å². The molecule has 28 heavy (non-hydrogen) atoms. The third-order valence-corrected chi connectivity index (χ3v) is 4.16. The predicted molar refractivity (Wildman–Crippen MR) is 114 cm³/mol. The second kappa shape index (κ2) is 9.04. The van der Waals surface area contributed by atoms with Crippen LogP contribution in [0.3, 0.4) is 0 Å². The normalized spacial score (nSPS) is 10.6. The molecule has 5 nitrogen and oxygen atoms in total. The average molecular weight is 375 g/mol. The molecule has 3 aromatic rings. The summed E-state index contributed by atoms with van der Waals surface area (Å²) in [4.78, 5) is 19.0. The van der Waals surface area contributed by atoms with Gasteiger partial charge in [0.1, 0.15) is 11.4 Å². The van der Waals surface area contributed by atoms with Crippen LogP contribution in [-0.4, -0.2) is 23.5 Å². The van der Waals surface area contributed by atoms with Crippen molar-refractivity contribution in [3.8, 4) is 5.75 Å². The number of para-hydroxylation sites is 1. The summed E-state index contributed by atoms with van der Waals surface area (Å²) in [6.45, 7) is 6.84. The van der Waals surface area contributed by atoms with Gasteiger partial charge < -0.3 is 15.0 Å². The van der Waals surface area contributed by atoms with Gasteiger partial charge in [-0.15, -0.1) is 0 Å². The Bertz CT molecular complexity index is 891. The Balaban J connectivity index is 1.68. The molecule has 1 heterocycles. The highest BCUT2D eigenvalue weighted by atomic mass is 16.5. The van der Waals surface area contributed by atoms with E-state index < -0.39 is 0 Å². The molecular weight excluding hydrogens is 350 g/mol. The van der Waals surface area contributed by atoms with Crippen LogP contribution in [0.1, 0.15) is 31.3 Å². The van der Waals surface area contributed by atoms with Crippen molar-refractivity contribution in [3.63, 3.8) is 0 Å². The summed E-state index contributed by atoms with van der Waals surface area (Å²) in [7, 11) is 0. The maximum absolute atomic E-state index is 12.5. The molecule has 2 aromatic carbocycles. The molecule has 0 unspecified atom stereocenters. The quantitative estimate of drug-likeness (QED) is 0.610. The van der Waals surface area contributed by atoms with Crippen LogP contribution < -0.4 is 15.0 Å². The summed E-state index contributed by atoms with van der Waals surface area (Å²) in [6.07, 6.45) is 1.84. The lowest BCUT2D eigenvalue weighted by atomic mass is 10.2. The Kier molecular flexibility index (Phi) is 6.27. The van der Waals surface area contributed by atoms with Gasteiger partial charge >= 0.3 is 0 Å². The lowest BCUT2D eigenvalue weighted by molar-refractivity contribution is 0.102. The first-order chi connectivity index (χ1) is 13.6. The van der Waals surface area contributed by atoms with Gasteiger partial charge in [0.25, 0.3) is 5.91 Å². The molecule has 1 aromatic heterocycles. The van der Waals surface area contributed by atoms with Gasteiger partial charge in [-0.3, -0.25) is 4.79 Å². The van der Waals surface area contributed by atoms with E-state index in [9.17, 15) is 4.79 Å². The summed E-state index contributed by atoms with van der Waals surface area (Å²) in [5.41, 5.74) is 3.11. The number of rotatable bonds is 7. The first-order valence-electron chi connectivity index (χ1n) is 9.43. The van der Waals surface area contributed by atoms with Crippen molar-refractivity contribution in [3.05, 3.63) is 78.6 Å². The highest BCUT2D eigenvalue weighted by Crippen LogP contribution is 2.24. The standard InChI is InChI=1S/C23H25N3O2/c1-4-26(19-8-6-5-7-9-19)20-12-15-22(24-16-20)23(27)25-18-10-13-21(14-11-18)28-17(2)3/h5-17H,4H2,1-3H3,(H,25,27). The monoisotopic (exact) mass is 375 g/mol. The topological polar surface area (TPSA) is 54.5 Å². The van der Waals surface area contributed by atoms with Crippen molar-refractivity contribution in [2.45, 2.75) is 26.9 Å². The fraction of sp³-hybridized carbons (Fsp3) is 0.217. The Morgan fingerprint density at radius 2 is 1.71 bits per heavy atom. The van der Waals surface area contributed by atoms with Gasteiger partial charge in [-0.2, -0.15) is 0 Å². The molecule has 0 radical (unpaired) electrons. The summed E-state index contributed by atoms with van der Waals surface area (Å²) in [5.74, 6) is 0.530. The van der Waals surface area contributed by atoms with E-state index in [2.05, 4.69) is 34.3 Å². The molecular formula is C23H25N3O2. The zero-order valence-corrected chi connectivity index (χ0v) is 16.4. The van der Waals surface area contributed by atoms with Crippen LogP contribution in [0.25, 0.3) is 0 Å². The third-order valence-electron chi connectivity index (χ3n) is 4.16. The lowest BCUT2D eigenvalue weighted by Crippen LogP contribution is -2.17. The molecule has 1 N–H and O–H groups in total. The first kappa shape index (κ1) is 19.4. The molecule has 0 saturated carbocycles. The molecule has 5 heteroatoms. The Hall–Kier alpha value is -3.34. The number of aromatic nitrogens is 1. The zero-order chi connectivity index (χ0) is 19.9. The number of benzene rings is 2. The number of anilines is 3. The summed E-state index contributed by atoms with van der Waals surface area (Å²) in [5, 5.41) is 2.86. The molecule has 0 saturated heterocycles. The second-order valence-electron chi connectivity index (χ2n) is 6.63. The minimum atomic E-state index is -0.244. The van der Waals surface area contributed by atoms with Crippen LogP contribution in [0.15, 0.2) is 72.9 Å². The van der Waals surface area contributed by atoms with E-state index in [1.54, 1.807) is 12.3 Å². The van der Waals surface area contributed by atoms with Gasteiger partial charge in [0.15, 0.2) is 0 Å². The zero-order valence-electron chi connectivity index (χ0n) is 16.4. The van der Waals surface area contributed by atoms with Gasteiger partial charge in [0.2, 0.25) is 0 Å². The van der Waals surface area contributed by atoms with E-state index in [1.165, 1.54) is 0 Å². The van der Waals surface area contributed by atoms with Crippen molar-refractivity contribution in [2.75, 3.05) is 16.8 Å². The van der Waals surface area contributed by atoms with Gasteiger partial charge in [0, 0.05) is 17.9 Å². The van der Waals surface area contributed by atoms with E-state index in [1.807, 2.05) is 62.4 Å². The van der Waals surface area contributed by atoms with Crippen molar-refractivity contribution in [1.82, 2.24) is 4.98 Å². The second-order valence-corrected chi connectivity index (χ2v) is 6.63. The average Bonchev–Trinajstić information content (AvgIpc) is 2.71. The number of nitrogens with zero attached hydrogens (tertiary/aromatic N) is 2. The number of carbonyl (C=O) groups excluding carboxylic acids is 1. The molecule has 1 amide bonds. The Morgan fingerprint density at radius 3 is 2.29 bits per heavy atom. The van der Waals surface area contributed by atoms with Gasteiger partial charge in [-0.1, -0.05) is 18.2 Å². The van der Waals surface area contributed by atoms with Crippen LogP contribution >= 0.6 is 0 Å². The number of amides is 1. The van der Waals surface area contributed by atoms with E-state index in [-0.39, 0.29) is 12.0 Å². The van der Waals surface area contributed by atoms with Crippen molar-refractivity contribution in [2.24, 2.45) is 0 Å². The molecule has 0 aliphatic heterocycles. The minimum Gasteiger partial charge on any atom is -0.491 e. The molecule has 144 valence electrons. The van der Waals surface area contributed by atoms with Crippen LogP contribution in [0.5, 0.6) is 5.75 Å². The molecule has 3 rings (SSSR count). The molecule has 0 aliphatic rings. The maximum Gasteiger partial charge on any atom is 0.274 e. The fourth-order valence-electron chi connectivity index (χ4n) is 2.89. The summed E-state index contributed by atoms with van der Waals surface area (Å²) in [6, 6.07) is 21.1. The van der Waals surface area contributed by atoms with Crippen LogP contribution in [-0.2, 0) is 0 Å². The molecule has 0 bridgehead atoms. The fourth-order valence-corrected chi connectivity index (χ4v) is 2.89. The maximum atomic E-state index is 12.5. The number of nitrogens with one attached hydrogen (secondary N) is 1. The predicted octanol–water partition coefficient (Wildman–Crippen LogP) is 5.28. The van der Waals surface area contributed by atoms with Crippen molar-refractivity contribution >= 4 is 23.0 Å². The Morgan fingerprint density at radius 1 is 1.00 bits per heavy atom. The highest BCUT2D eigenvalue weighted by Gasteiger charge is 2.11. The SMILES string of the molecule is CCN(c1ccccc1)c1ccc(C(=O)Nc2ccc(OC(C)C)cc2)nc1. The molecule has 0 atom stereocenters. The van der Waals surface area contributed by atoms with E-state index in [0.29, 0.717) is 11.4 Å². The minimum absolute atomic E-state index is 0.113. The van der Waals surface area contributed by atoms with Crippen LogP contribution in [0.2, 0.25) is 0 Å². The highest BCUT2D eigenvalue weighted by molar-refractivity contribution is 6.03. The van der Waals surface area contributed by atoms with E-state index in [4.69, 9.17) is 4.74 Å².